The van der Waals surface area contributed by atoms with E-state index in [2.05, 4.69) is 55.6 Å². The first-order valence-electron chi connectivity index (χ1n) is 25.8. The largest absolute Gasteiger partial charge is 0.394 e. The molecule has 1 amide bonds. The first-order valence-corrected chi connectivity index (χ1v) is 25.8. The third-order valence-electron chi connectivity index (χ3n) is 12.0. The topological polar surface area (TPSA) is 89.8 Å². The van der Waals surface area contributed by atoms with Gasteiger partial charge in [-0.1, -0.05) is 230 Å². The highest BCUT2D eigenvalue weighted by atomic mass is 16.3. The van der Waals surface area contributed by atoms with Crippen molar-refractivity contribution in [2.24, 2.45) is 0 Å². The van der Waals surface area contributed by atoms with Crippen LogP contribution in [0.15, 0.2) is 36.5 Å². The summed E-state index contributed by atoms with van der Waals surface area (Å²) in [6.07, 6.45) is 61.4. The fraction of sp³-hybridized carbons (Fsp3) is 0.868. The second-order valence-electron chi connectivity index (χ2n) is 17.7. The molecule has 3 atom stereocenters. The van der Waals surface area contributed by atoms with E-state index < -0.39 is 18.2 Å². The number of rotatable bonds is 47. The molecule has 5 nitrogen and oxygen atoms in total. The number of hydrogen-bond donors (Lipinski definition) is 4. The maximum Gasteiger partial charge on any atom is 0.220 e. The molecule has 0 saturated heterocycles. The van der Waals surface area contributed by atoms with Crippen molar-refractivity contribution < 1.29 is 20.1 Å². The summed E-state index contributed by atoms with van der Waals surface area (Å²) in [5.41, 5.74) is 0. The van der Waals surface area contributed by atoms with E-state index in [0.29, 0.717) is 12.8 Å². The van der Waals surface area contributed by atoms with Crippen molar-refractivity contribution in [3.8, 4) is 0 Å². The molecular formula is C53H101NO4. The minimum absolute atomic E-state index is 0.155. The Morgan fingerprint density at radius 1 is 0.431 bits per heavy atom. The number of unbranched alkanes of at least 4 members (excludes halogenated alkanes) is 33. The quantitative estimate of drug-likeness (QED) is 0.0364. The molecule has 0 aromatic rings. The van der Waals surface area contributed by atoms with Gasteiger partial charge in [-0.25, -0.2) is 0 Å². The van der Waals surface area contributed by atoms with Crippen molar-refractivity contribution in [3.63, 3.8) is 0 Å². The van der Waals surface area contributed by atoms with E-state index in [4.69, 9.17) is 0 Å². The first kappa shape index (κ1) is 56.6. The number of carbonyl (C=O) groups excluding carboxylic acids is 1. The van der Waals surface area contributed by atoms with Crippen LogP contribution in [0.4, 0.5) is 0 Å². The Morgan fingerprint density at radius 2 is 0.741 bits per heavy atom. The molecule has 0 radical (unpaired) electrons. The molecule has 5 heteroatoms. The van der Waals surface area contributed by atoms with Gasteiger partial charge in [0.2, 0.25) is 5.91 Å². The van der Waals surface area contributed by atoms with Crippen LogP contribution >= 0.6 is 0 Å². The van der Waals surface area contributed by atoms with Gasteiger partial charge in [0.05, 0.1) is 18.8 Å². The summed E-state index contributed by atoms with van der Waals surface area (Å²) < 4.78 is 0. The van der Waals surface area contributed by atoms with E-state index >= 15 is 0 Å². The summed E-state index contributed by atoms with van der Waals surface area (Å²) in [6, 6.07) is -0.827. The minimum Gasteiger partial charge on any atom is -0.394 e. The Hall–Kier alpha value is -1.43. The number of allylic oxidation sites excluding steroid dienone is 6. The number of amides is 1. The lowest BCUT2D eigenvalue weighted by Crippen LogP contribution is -2.50. The van der Waals surface area contributed by atoms with Gasteiger partial charge >= 0.3 is 0 Å². The molecule has 0 aromatic heterocycles. The Bertz CT molecular complexity index is 901. The van der Waals surface area contributed by atoms with E-state index in [1.807, 2.05) is 0 Å². The highest BCUT2D eigenvalue weighted by Crippen LogP contribution is 2.16. The van der Waals surface area contributed by atoms with Gasteiger partial charge in [-0.3, -0.25) is 4.79 Å². The molecule has 0 aliphatic heterocycles. The van der Waals surface area contributed by atoms with E-state index in [1.165, 1.54) is 199 Å². The summed E-state index contributed by atoms with van der Waals surface area (Å²) in [4.78, 5) is 12.5. The van der Waals surface area contributed by atoms with Crippen molar-refractivity contribution in [2.45, 2.75) is 289 Å². The predicted molar refractivity (Wildman–Crippen MR) is 254 cm³/mol. The molecule has 4 N–H and O–H groups in total. The molecule has 3 unspecified atom stereocenters. The van der Waals surface area contributed by atoms with E-state index in [9.17, 15) is 20.1 Å². The van der Waals surface area contributed by atoms with Gasteiger partial charge in [-0.2, -0.15) is 0 Å². The van der Waals surface area contributed by atoms with Crippen LogP contribution in [0, 0.1) is 0 Å². The normalized spacial score (nSPS) is 13.7. The van der Waals surface area contributed by atoms with Crippen LogP contribution in [-0.4, -0.2) is 46.1 Å². The fourth-order valence-electron chi connectivity index (χ4n) is 7.96. The molecule has 0 heterocycles. The molecule has 0 fully saturated rings. The molecule has 0 aliphatic rings. The molecule has 58 heavy (non-hydrogen) atoms. The van der Waals surface area contributed by atoms with Crippen LogP contribution in [0.1, 0.15) is 271 Å². The lowest BCUT2D eigenvalue weighted by Gasteiger charge is -2.26. The zero-order chi connectivity index (χ0) is 42.3. The maximum absolute atomic E-state index is 12.5. The summed E-state index contributed by atoms with van der Waals surface area (Å²) in [7, 11) is 0. The van der Waals surface area contributed by atoms with Crippen LogP contribution in [0.3, 0.4) is 0 Å². The molecule has 0 aliphatic carbocycles. The molecule has 0 rings (SSSR count). The number of aliphatic hydroxyl groups excluding tert-OH is 3. The van der Waals surface area contributed by atoms with Crippen molar-refractivity contribution in [3.05, 3.63) is 36.5 Å². The van der Waals surface area contributed by atoms with Gasteiger partial charge in [-0.05, 0) is 70.6 Å². The van der Waals surface area contributed by atoms with Crippen LogP contribution in [0.25, 0.3) is 0 Å². The van der Waals surface area contributed by atoms with E-state index in [0.717, 1.165) is 44.9 Å². The minimum atomic E-state index is -1.16. The molecular weight excluding hydrogens is 715 g/mol. The number of aliphatic hydroxyl groups is 3. The van der Waals surface area contributed by atoms with Crippen molar-refractivity contribution in [1.82, 2.24) is 5.32 Å². The Kier molecular flexibility index (Phi) is 47.0. The summed E-state index contributed by atoms with van der Waals surface area (Å²) in [6.45, 7) is 4.18. The molecule has 0 bridgehead atoms. The summed E-state index contributed by atoms with van der Waals surface area (Å²) in [5, 5.41) is 33.6. The maximum atomic E-state index is 12.5. The third-order valence-corrected chi connectivity index (χ3v) is 12.0. The third kappa shape index (κ3) is 42.7. The summed E-state index contributed by atoms with van der Waals surface area (Å²) in [5.74, 6) is -0.155. The number of hydrogen-bond acceptors (Lipinski definition) is 4. The Morgan fingerprint density at radius 3 is 1.10 bits per heavy atom. The number of nitrogens with one attached hydrogen (secondary N) is 1. The first-order chi connectivity index (χ1) is 28.6. The highest BCUT2D eigenvalue weighted by Gasteiger charge is 2.26. The zero-order valence-electron chi connectivity index (χ0n) is 38.9. The van der Waals surface area contributed by atoms with E-state index in [-0.39, 0.29) is 12.5 Å². The summed E-state index contributed by atoms with van der Waals surface area (Å²) >= 11 is 0. The van der Waals surface area contributed by atoms with Gasteiger partial charge in [0.1, 0.15) is 6.10 Å². The average Bonchev–Trinajstić information content (AvgIpc) is 3.23. The SMILES string of the molecule is CCCCCCCCCCC/C=C\C/C=C\CCCCCCCCCCCCCC(=O)NC(CO)C(O)C(O)CCC/C=C/CCCCCCCCCCCCCC. The second kappa shape index (κ2) is 48.2. The monoisotopic (exact) mass is 816 g/mol. The smallest absolute Gasteiger partial charge is 0.220 e. The van der Waals surface area contributed by atoms with Crippen LogP contribution in [-0.2, 0) is 4.79 Å². The van der Waals surface area contributed by atoms with E-state index in [1.54, 1.807) is 0 Å². The van der Waals surface area contributed by atoms with Crippen molar-refractivity contribution in [2.75, 3.05) is 6.61 Å². The predicted octanol–water partition coefficient (Wildman–Crippen LogP) is 15.5. The Balaban J connectivity index is 3.60. The zero-order valence-corrected chi connectivity index (χ0v) is 38.9. The lowest BCUT2D eigenvalue weighted by molar-refractivity contribution is -0.124. The number of carbonyl (C=O) groups is 1. The Labute approximate surface area is 362 Å². The molecule has 342 valence electrons. The average molecular weight is 816 g/mol. The van der Waals surface area contributed by atoms with Gasteiger partial charge in [-0.15, -0.1) is 0 Å². The van der Waals surface area contributed by atoms with Crippen molar-refractivity contribution >= 4 is 5.91 Å². The van der Waals surface area contributed by atoms with Gasteiger partial charge in [0.15, 0.2) is 0 Å². The van der Waals surface area contributed by atoms with Crippen LogP contribution < -0.4 is 5.32 Å². The van der Waals surface area contributed by atoms with Gasteiger partial charge < -0.3 is 20.6 Å². The standard InChI is InChI=1S/C53H101NO4/c1-3-5-7-9-11-13-15-17-19-21-22-23-24-25-26-27-28-29-30-32-34-36-38-40-42-44-46-48-52(57)54-50(49-55)53(58)51(56)47-45-43-41-39-37-35-33-31-20-18-16-14-12-10-8-6-4-2/h22-23,25-26,39,41,50-51,53,55-56,58H,3-21,24,27-38,40,42-49H2,1-2H3,(H,54,57)/b23-22-,26-25-,41-39+. The second-order valence-corrected chi connectivity index (χ2v) is 17.7. The van der Waals surface area contributed by atoms with Crippen LogP contribution in [0.2, 0.25) is 0 Å². The molecule has 0 spiro atoms. The molecule has 0 saturated carbocycles. The lowest BCUT2D eigenvalue weighted by atomic mass is 10.0. The van der Waals surface area contributed by atoms with Gasteiger partial charge in [0.25, 0.3) is 0 Å². The highest BCUT2D eigenvalue weighted by molar-refractivity contribution is 5.76. The fourth-order valence-corrected chi connectivity index (χ4v) is 7.96. The van der Waals surface area contributed by atoms with Crippen molar-refractivity contribution in [1.29, 1.82) is 0 Å². The van der Waals surface area contributed by atoms with Crippen LogP contribution in [0.5, 0.6) is 0 Å². The molecule has 0 aromatic carbocycles. The van der Waals surface area contributed by atoms with Gasteiger partial charge in [0, 0.05) is 6.42 Å².